The summed E-state index contributed by atoms with van der Waals surface area (Å²) in [5.41, 5.74) is 5.21. The van der Waals surface area contributed by atoms with Gasteiger partial charge in [-0.3, -0.25) is 4.79 Å². The van der Waals surface area contributed by atoms with Crippen molar-refractivity contribution in [1.82, 2.24) is 4.90 Å². The second kappa shape index (κ2) is 3.64. The lowest BCUT2D eigenvalue weighted by Crippen LogP contribution is -2.58. The number of ether oxygens (including phenoxy) is 1. The number of rotatable bonds is 3. The van der Waals surface area contributed by atoms with Crippen molar-refractivity contribution in [2.45, 2.75) is 31.9 Å². The number of hydrogen-bond donors (Lipinski definition) is 1. The van der Waals surface area contributed by atoms with E-state index in [1.807, 2.05) is 13.8 Å². The Morgan fingerprint density at radius 1 is 1.62 bits per heavy atom. The molecule has 0 saturated carbocycles. The van der Waals surface area contributed by atoms with Gasteiger partial charge in [0.25, 0.3) is 0 Å². The van der Waals surface area contributed by atoms with Gasteiger partial charge in [0, 0.05) is 26.2 Å². The second-order valence-corrected chi connectivity index (χ2v) is 4.20. The maximum absolute atomic E-state index is 11.5. The highest BCUT2D eigenvalue weighted by atomic mass is 16.5. The van der Waals surface area contributed by atoms with Crippen molar-refractivity contribution in [3.05, 3.63) is 0 Å². The molecule has 4 nitrogen and oxygen atoms in total. The lowest BCUT2D eigenvalue weighted by Gasteiger charge is -2.38. The zero-order chi connectivity index (χ0) is 10.1. The molecule has 0 aromatic heterocycles. The van der Waals surface area contributed by atoms with Crippen LogP contribution in [0, 0.1) is 0 Å². The normalized spacial score (nSPS) is 18.6. The van der Waals surface area contributed by atoms with Crippen LogP contribution in [-0.4, -0.2) is 42.6 Å². The first-order valence-electron chi connectivity index (χ1n) is 4.53. The summed E-state index contributed by atoms with van der Waals surface area (Å²) in [6.07, 6.45) is 0.427. The average Bonchev–Trinajstić information content (AvgIpc) is 1.98. The smallest absolute Gasteiger partial charge is 0.225 e. The molecule has 1 rings (SSSR count). The van der Waals surface area contributed by atoms with Gasteiger partial charge in [-0.15, -0.1) is 0 Å². The molecule has 0 bridgehead atoms. The van der Waals surface area contributed by atoms with Crippen molar-refractivity contribution in [1.29, 1.82) is 0 Å². The molecule has 1 aliphatic rings. The van der Waals surface area contributed by atoms with Crippen LogP contribution in [0.25, 0.3) is 0 Å². The third kappa shape index (κ3) is 2.67. The molecule has 1 saturated heterocycles. The fourth-order valence-electron chi connectivity index (χ4n) is 1.26. The van der Waals surface area contributed by atoms with E-state index in [4.69, 9.17) is 10.5 Å². The third-order valence-corrected chi connectivity index (χ3v) is 2.39. The maximum atomic E-state index is 11.5. The van der Waals surface area contributed by atoms with Crippen LogP contribution in [0.3, 0.4) is 0 Å². The van der Waals surface area contributed by atoms with Crippen molar-refractivity contribution in [2.75, 3.05) is 20.2 Å². The van der Waals surface area contributed by atoms with Crippen LogP contribution in [0.15, 0.2) is 0 Å². The maximum Gasteiger partial charge on any atom is 0.225 e. The number of methoxy groups -OCH3 is 1. The van der Waals surface area contributed by atoms with E-state index in [9.17, 15) is 4.79 Å². The Kier molecular flexibility index (Phi) is 2.93. The van der Waals surface area contributed by atoms with E-state index in [-0.39, 0.29) is 17.6 Å². The van der Waals surface area contributed by atoms with Crippen LogP contribution in [0.5, 0.6) is 0 Å². The average molecular weight is 186 g/mol. The van der Waals surface area contributed by atoms with E-state index < -0.39 is 0 Å². The molecule has 0 unspecified atom stereocenters. The van der Waals surface area contributed by atoms with Crippen LogP contribution in [0.1, 0.15) is 20.3 Å². The molecular formula is C9H18N2O2. The molecule has 13 heavy (non-hydrogen) atoms. The number of likely N-dealkylation sites (tertiary alicyclic amines) is 1. The molecule has 0 atom stereocenters. The standard InChI is InChI=1S/C9H18N2O2/c1-9(2,13-3)4-8(12)11-5-7(10)6-11/h7H,4-6,10H2,1-3H3. The molecule has 1 fully saturated rings. The van der Waals surface area contributed by atoms with Crippen molar-refractivity contribution >= 4 is 5.91 Å². The number of carbonyl (C=O) groups is 1. The van der Waals surface area contributed by atoms with E-state index in [1.165, 1.54) is 0 Å². The van der Waals surface area contributed by atoms with Crippen LogP contribution < -0.4 is 5.73 Å². The molecule has 0 aromatic rings. The van der Waals surface area contributed by atoms with Gasteiger partial charge in [0.2, 0.25) is 5.91 Å². The third-order valence-electron chi connectivity index (χ3n) is 2.39. The van der Waals surface area contributed by atoms with E-state index in [1.54, 1.807) is 12.0 Å². The number of amides is 1. The monoisotopic (exact) mass is 186 g/mol. The number of nitrogens with two attached hydrogens (primary N) is 1. The summed E-state index contributed by atoms with van der Waals surface area (Å²) >= 11 is 0. The molecule has 0 radical (unpaired) electrons. The number of carbonyl (C=O) groups excluding carboxylic acids is 1. The van der Waals surface area contributed by atoms with E-state index in [2.05, 4.69) is 0 Å². The summed E-state index contributed by atoms with van der Waals surface area (Å²) in [6, 6.07) is 0.176. The first-order chi connectivity index (χ1) is 5.94. The predicted molar refractivity (Wildman–Crippen MR) is 50.3 cm³/mol. The molecule has 76 valence electrons. The molecule has 1 amide bonds. The highest BCUT2D eigenvalue weighted by Gasteiger charge is 2.31. The number of hydrogen-bond acceptors (Lipinski definition) is 3. The van der Waals surface area contributed by atoms with Crippen LogP contribution in [0.2, 0.25) is 0 Å². The summed E-state index contributed by atoms with van der Waals surface area (Å²) in [4.78, 5) is 13.3. The van der Waals surface area contributed by atoms with E-state index >= 15 is 0 Å². The largest absolute Gasteiger partial charge is 0.378 e. The second-order valence-electron chi connectivity index (χ2n) is 4.20. The van der Waals surface area contributed by atoms with Gasteiger partial charge in [-0.25, -0.2) is 0 Å². The Bertz CT molecular complexity index is 198. The van der Waals surface area contributed by atoms with Crippen molar-refractivity contribution < 1.29 is 9.53 Å². The summed E-state index contributed by atoms with van der Waals surface area (Å²) in [5, 5.41) is 0. The van der Waals surface area contributed by atoms with Crippen LogP contribution >= 0.6 is 0 Å². The molecule has 1 aliphatic heterocycles. The lowest BCUT2D eigenvalue weighted by molar-refractivity contribution is -0.140. The molecular weight excluding hydrogens is 168 g/mol. The SMILES string of the molecule is COC(C)(C)CC(=O)N1CC(N)C1. The highest BCUT2D eigenvalue weighted by Crippen LogP contribution is 2.17. The minimum Gasteiger partial charge on any atom is -0.378 e. The minimum absolute atomic E-state index is 0.133. The Labute approximate surface area is 79.0 Å². The Morgan fingerprint density at radius 2 is 2.15 bits per heavy atom. The quantitative estimate of drug-likeness (QED) is 0.673. The van der Waals surface area contributed by atoms with Gasteiger partial charge in [-0.2, -0.15) is 0 Å². The molecule has 1 heterocycles. The topological polar surface area (TPSA) is 55.6 Å². The fraction of sp³-hybridized carbons (Fsp3) is 0.889. The summed E-state index contributed by atoms with van der Waals surface area (Å²) in [6.45, 7) is 5.20. The van der Waals surface area contributed by atoms with Gasteiger partial charge >= 0.3 is 0 Å². The lowest BCUT2D eigenvalue weighted by atomic mass is 10.0. The highest BCUT2D eigenvalue weighted by molar-refractivity contribution is 5.78. The van der Waals surface area contributed by atoms with Gasteiger partial charge in [0.1, 0.15) is 0 Å². The Balaban J connectivity index is 2.33. The van der Waals surface area contributed by atoms with Crippen LogP contribution in [0.4, 0.5) is 0 Å². The van der Waals surface area contributed by atoms with Gasteiger partial charge in [0.15, 0.2) is 0 Å². The van der Waals surface area contributed by atoms with Gasteiger partial charge in [-0.1, -0.05) is 0 Å². The van der Waals surface area contributed by atoms with Gasteiger partial charge < -0.3 is 15.4 Å². The van der Waals surface area contributed by atoms with Crippen molar-refractivity contribution in [3.63, 3.8) is 0 Å². The molecule has 2 N–H and O–H groups in total. The predicted octanol–water partition coefficient (Wildman–Crippen LogP) is -0.0290. The Morgan fingerprint density at radius 3 is 2.54 bits per heavy atom. The molecule has 0 spiro atoms. The first-order valence-corrected chi connectivity index (χ1v) is 4.53. The fourth-order valence-corrected chi connectivity index (χ4v) is 1.26. The molecule has 0 aliphatic carbocycles. The molecule has 0 aromatic carbocycles. The first kappa shape index (κ1) is 10.5. The van der Waals surface area contributed by atoms with E-state index in [0.717, 1.165) is 0 Å². The summed E-state index contributed by atoms with van der Waals surface area (Å²) in [7, 11) is 1.62. The minimum atomic E-state index is -0.364. The van der Waals surface area contributed by atoms with Crippen molar-refractivity contribution in [2.24, 2.45) is 5.73 Å². The van der Waals surface area contributed by atoms with Gasteiger partial charge in [0.05, 0.1) is 12.0 Å². The summed E-state index contributed by atoms with van der Waals surface area (Å²) < 4.78 is 5.18. The van der Waals surface area contributed by atoms with Crippen molar-refractivity contribution in [3.8, 4) is 0 Å². The van der Waals surface area contributed by atoms with E-state index in [0.29, 0.717) is 19.5 Å². The number of nitrogens with zero attached hydrogens (tertiary/aromatic N) is 1. The molecule has 4 heteroatoms. The van der Waals surface area contributed by atoms with Gasteiger partial charge in [-0.05, 0) is 13.8 Å². The zero-order valence-electron chi connectivity index (χ0n) is 8.54. The zero-order valence-corrected chi connectivity index (χ0v) is 8.54. The Hall–Kier alpha value is -0.610. The van der Waals surface area contributed by atoms with Crippen LogP contribution in [-0.2, 0) is 9.53 Å². The summed E-state index contributed by atoms with van der Waals surface area (Å²) in [5.74, 6) is 0.133.